The van der Waals surface area contributed by atoms with E-state index in [4.69, 9.17) is 11.6 Å². The van der Waals surface area contributed by atoms with Gasteiger partial charge in [-0.1, -0.05) is 31.4 Å². The molecule has 1 rings (SSSR count). The van der Waals surface area contributed by atoms with E-state index in [1.54, 1.807) is 13.2 Å². The molecule has 0 amide bonds. The monoisotopic (exact) mass is 242 g/mol. The third-order valence-electron chi connectivity index (χ3n) is 2.41. The van der Waals surface area contributed by atoms with Gasteiger partial charge in [-0.2, -0.15) is 4.98 Å². The van der Waals surface area contributed by atoms with E-state index in [0.29, 0.717) is 11.0 Å². The Morgan fingerprint density at radius 1 is 1.44 bits per heavy atom. The number of hydrogen-bond donors (Lipinski definition) is 1. The van der Waals surface area contributed by atoms with Crippen molar-refractivity contribution in [2.45, 2.75) is 26.2 Å². The van der Waals surface area contributed by atoms with Crippen LogP contribution in [-0.2, 0) is 0 Å². The number of rotatable bonds is 6. The molecule has 0 saturated carbocycles. The van der Waals surface area contributed by atoms with Crippen molar-refractivity contribution >= 4 is 23.4 Å². The van der Waals surface area contributed by atoms with Crippen molar-refractivity contribution in [1.82, 2.24) is 9.97 Å². The van der Waals surface area contributed by atoms with Gasteiger partial charge in [-0.15, -0.1) is 0 Å². The third-order valence-corrected chi connectivity index (χ3v) is 2.67. The van der Waals surface area contributed by atoms with Crippen LogP contribution in [0, 0.1) is 0 Å². The number of anilines is 2. The molecule has 0 aliphatic heterocycles. The lowest BCUT2D eigenvalue weighted by atomic mass is 10.2. The number of nitrogens with one attached hydrogen (secondary N) is 1. The lowest BCUT2D eigenvalue weighted by Gasteiger charge is -2.19. The van der Waals surface area contributed by atoms with E-state index in [-0.39, 0.29) is 0 Å². The maximum atomic E-state index is 6.07. The second-order valence-electron chi connectivity index (χ2n) is 3.74. The van der Waals surface area contributed by atoms with Crippen LogP contribution < -0.4 is 10.2 Å². The first kappa shape index (κ1) is 13.0. The van der Waals surface area contributed by atoms with Gasteiger partial charge in [-0.05, 0) is 6.42 Å². The van der Waals surface area contributed by atoms with E-state index in [1.807, 2.05) is 7.05 Å². The van der Waals surface area contributed by atoms with E-state index >= 15 is 0 Å². The minimum absolute atomic E-state index is 0.595. The number of nitrogens with zero attached hydrogens (tertiary/aromatic N) is 3. The molecule has 90 valence electrons. The van der Waals surface area contributed by atoms with Crippen molar-refractivity contribution in [2.24, 2.45) is 0 Å². The highest BCUT2D eigenvalue weighted by atomic mass is 35.5. The van der Waals surface area contributed by atoms with Crippen molar-refractivity contribution in [3.8, 4) is 0 Å². The van der Waals surface area contributed by atoms with Crippen molar-refractivity contribution in [1.29, 1.82) is 0 Å². The molecule has 1 heterocycles. The Bertz CT molecular complexity index is 330. The van der Waals surface area contributed by atoms with Gasteiger partial charge in [0.1, 0.15) is 5.02 Å². The Labute approximate surface area is 102 Å². The summed E-state index contributed by atoms with van der Waals surface area (Å²) in [4.78, 5) is 10.5. The minimum Gasteiger partial charge on any atom is -0.358 e. The molecule has 0 saturated heterocycles. The first-order chi connectivity index (χ1) is 7.69. The van der Waals surface area contributed by atoms with E-state index in [9.17, 15) is 0 Å². The summed E-state index contributed by atoms with van der Waals surface area (Å²) in [6.45, 7) is 3.16. The van der Waals surface area contributed by atoms with Crippen LogP contribution in [0.2, 0.25) is 5.02 Å². The zero-order valence-electron chi connectivity index (χ0n) is 10.1. The number of hydrogen-bond acceptors (Lipinski definition) is 4. The van der Waals surface area contributed by atoms with E-state index < -0.39 is 0 Å². The fourth-order valence-electron chi connectivity index (χ4n) is 1.45. The average Bonchev–Trinajstić information content (AvgIpc) is 2.30. The molecule has 0 atom stereocenters. The van der Waals surface area contributed by atoms with Gasteiger partial charge in [-0.25, -0.2) is 4.98 Å². The van der Waals surface area contributed by atoms with E-state index in [1.165, 1.54) is 12.8 Å². The van der Waals surface area contributed by atoms with Crippen molar-refractivity contribution < 1.29 is 0 Å². The first-order valence-electron chi connectivity index (χ1n) is 5.60. The molecule has 0 aliphatic rings. The molecule has 0 spiro atoms. The first-order valence-corrected chi connectivity index (χ1v) is 5.98. The second kappa shape index (κ2) is 6.53. The molecule has 16 heavy (non-hydrogen) atoms. The van der Waals surface area contributed by atoms with Crippen molar-refractivity contribution in [2.75, 3.05) is 30.9 Å². The zero-order chi connectivity index (χ0) is 12.0. The quantitative estimate of drug-likeness (QED) is 0.779. The summed E-state index contributed by atoms with van der Waals surface area (Å²) in [6, 6.07) is 0. The van der Waals surface area contributed by atoms with Gasteiger partial charge in [0.05, 0.1) is 6.20 Å². The average molecular weight is 243 g/mol. The van der Waals surface area contributed by atoms with Crippen LogP contribution in [0.3, 0.4) is 0 Å². The predicted molar refractivity (Wildman–Crippen MR) is 69.4 cm³/mol. The zero-order valence-corrected chi connectivity index (χ0v) is 10.9. The molecule has 0 bridgehead atoms. The molecule has 1 aromatic rings. The van der Waals surface area contributed by atoms with Gasteiger partial charge < -0.3 is 10.2 Å². The highest BCUT2D eigenvalue weighted by molar-refractivity contribution is 6.32. The van der Waals surface area contributed by atoms with Gasteiger partial charge in [0.15, 0.2) is 5.82 Å². The van der Waals surface area contributed by atoms with Gasteiger partial charge in [0, 0.05) is 20.6 Å². The van der Waals surface area contributed by atoms with Gasteiger partial charge in [0.25, 0.3) is 0 Å². The highest BCUT2D eigenvalue weighted by Crippen LogP contribution is 2.22. The Kier molecular flexibility index (Phi) is 5.32. The Hall–Kier alpha value is -1.03. The molecule has 0 unspecified atom stereocenters. The Morgan fingerprint density at radius 3 is 2.81 bits per heavy atom. The smallest absolute Gasteiger partial charge is 0.224 e. The van der Waals surface area contributed by atoms with Crippen molar-refractivity contribution in [3.63, 3.8) is 0 Å². The molecular weight excluding hydrogens is 224 g/mol. The summed E-state index contributed by atoms with van der Waals surface area (Å²) < 4.78 is 0. The van der Waals surface area contributed by atoms with Crippen LogP contribution in [0.25, 0.3) is 0 Å². The summed E-state index contributed by atoms with van der Waals surface area (Å²) in [5.74, 6) is 1.39. The number of halogens is 1. The van der Waals surface area contributed by atoms with Gasteiger partial charge in [-0.3, -0.25) is 0 Å². The lowest BCUT2D eigenvalue weighted by molar-refractivity contribution is 0.701. The maximum absolute atomic E-state index is 6.07. The second-order valence-corrected chi connectivity index (χ2v) is 4.15. The Balaban J connectivity index is 2.69. The minimum atomic E-state index is 0.595. The molecule has 4 nitrogen and oxygen atoms in total. The molecule has 0 aliphatic carbocycles. The van der Waals surface area contributed by atoms with Crippen LogP contribution in [0.15, 0.2) is 6.20 Å². The normalized spacial score (nSPS) is 10.2. The molecule has 1 aromatic heterocycles. The molecule has 5 heteroatoms. The third kappa shape index (κ3) is 3.52. The molecule has 1 N–H and O–H groups in total. The molecular formula is C11H19ClN4. The summed E-state index contributed by atoms with van der Waals surface area (Å²) in [5, 5.41) is 3.50. The number of unbranched alkanes of at least 4 members (excludes halogenated alkanes) is 2. The largest absolute Gasteiger partial charge is 0.358 e. The summed E-state index contributed by atoms with van der Waals surface area (Å²) in [7, 11) is 3.80. The fraction of sp³-hybridized carbons (Fsp3) is 0.636. The summed E-state index contributed by atoms with van der Waals surface area (Å²) in [5.41, 5.74) is 0. The summed E-state index contributed by atoms with van der Waals surface area (Å²) in [6.07, 6.45) is 5.23. The SMILES string of the molecule is CCCCCN(C)c1nc(NC)ncc1Cl. The maximum Gasteiger partial charge on any atom is 0.224 e. The van der Waals surface area contributed by atoms with E-state index in [0.717, 1.165) is 18.8 Å². The van der Waals surface area contributed by atoms with Crippen LogP contribution in [-0.4, -0.2) is 30.6 Å². The van der Waals surface area contributed by atoms with Crippen LogP contribution >= 0.6 is 11.6 Å². The number of aromatic nitrogens is 2. The Morgan fingerprint density at radius 2 is 2.19 bits per heavy atom. The molecule has 0 radical (unpaired) electrons. The molecule has 0 aromatic carbocycles. The van der Waals surface area contributed by atoms with Crippen LogP contribution in [0.4, 0.5) is 11.8 Å². The van der Waals surface area contributed by atoms with Gasteiger partial charge in [0.2, 0.25) is 5.95 Å². The van der Waals surface area contributed by atoms with Gasteiger partial charge >= 0.3 is 0 Å². The molecule has 0 fully saturated rings. The van der Waals surface area contributed by atoms with Crippen LogP contribution in [0.5, 0.6) is 0 Å². The predicted octanol–water partition coefficient (Wildman–Crippen LogP) is 2.80. The standard InChI is InChI=1S/C11H19ClN4/c1-4-5-6-7-16(3)10-9(12)8-14-11(13-2)15-10/h8H,4-7H2,1-3H3,(H,13,14,15). The highest BCUT2D eigenvalue weighted by Gasteiger charge is 2.09. The topological polar surface area (TPSA) is 41.1 Å². The van der Waals surface area contributed by atoms with Crippen LogP contribution in [0.1, 0.15) is 26.2 Å². The summed E-state index contributed by atoms with van der Waals surface area (Å²) >= 11 is 6.07. The lowest BCUT2D eigenvalue weighted by Crippen LogP contribution is -2.20. The fourth-order valence-corrected chi connectivity index (χ4v) is 1.69. The van der Waals surface area contributed by atoms with Crippen molar-refractivity contribution in [3.05, 3.63) is 11.2 Å². The van der Waals surface area contributed by atoms with E-state index in [2.05, 4.69) is 27.1 Å².